The highest BCUT2D eigenvalue weighted by Gasteiger charge is 2.58. The van der Waals surface area contributed by atoms with Crippen molar-refractivity contribution in [1.29, 1.82) is 0 Å². The van der Waals surface area contributed by atoms with Gasteiger partial charge >= 0.3 is 0 Å². The summed E-state index contributed by atoms with van der Waals surface area (Å²) in [6.07, 6.45) is 6.58. The normalized spacial score (nSPS) is 40.1. The summed E-state index contributed by atoms with van der Waals surface area (Å²) in [6, 6.07) is 9.64. The number of hydrogen-bond donors (Lipinski definition) is 1. The molecule has 5 rings (SSSR count). The second-order valence-corrected chi connectivity index (χ2v) is 6.52. The van der Waals surface area contributed by atoms with Gasteiger partial charge in [-0.2, -0.15) is 0 Å². The Morgan fingerprint density at radius 1 is 1.06 bits per heavy atom. The van der Waals surface area contributed by atoms with Crippen LogP contribution in [0.4, 0.5) is 0 Å². The minimum atomic E-state index is 0.129. The molecule has 1 aromatic carbocycles. The first-order valence-corrected chi connectivity index (χ1v) is 7.13. The van der Waals surface area contributed by atoms with Gasteiger partial charge in [-0.25, -0.2) is 0 Å². The topological polar surface area (TPSA) is 29.1 Å². The van der Waals surface area contributed by atoms with Crippen molar-refractivity contribution in [2.75, 3.05) is 0 Å². The van der Waals surface area contributed by atoms with Gasteiger partial charge in [0, 0.05) is 11.1 Å². The lowest BCUT2D eigenvalue weighted by molar-refractivity contribution is 0.0875. The summed E-state index contributed by atoms with van der Waals surface area (Å²) in [5.41, 5.74) is 0.957. The molecular formula is C16H19NO. The molecule has 4 bridgehead atoms. The van der Waals surface area contributed by atoms with Gasteiger partial charge in [-0.05, 0) is 62.0 Å². The minimum absolute atomic E-state index is 0.129. The molecule has 94 valence electrons. The Hall–Kier alpha value is -1.31. The van der Waals surface area contributed by atoms with Gasteiger partial charge in [0.1, 0.15) is 0 Å². The zero-order valence-electron chi connectivity index (χ0n) is 10.6. The smallest absolute Gasteiger partial charge is 0.251 e. The molecular weight excluding hydrogens is 222 g/mol. The number of benzene rings is 1. The van der Waals surface area contributed by atoms with Crippen molar-refractivity contribution >= 4 is 5.91 Å². The van der Waals surface area contributed by atoms with Gasteiger partial charge in [0.15, 0.2) is 0 Å². The van der Waals surface area contributed by atoms with Crippen molar-refractivity contribution in [3.63, 3.8) is 0 Å². The maximum Gasteiger partial charge on any atom is 0.251 e. The number of hydrogen-bond acceptors (Lipinski definition) is 1. The highest BCUT2D eigenvalue weighted by atomic mass is 16.1. The minimum Gasteiger partial charge on any atom is -0.346 e. The van der Waals surface area contributed by atoms with Crippen LogP contribution < -0.4 is 5.32 Å². The summed E-state index contributed by atoms with van der Waals surface area (Å²) in [5.74, 6) is 2.66. The van der Waals surface area contributed by atoms with E-state index in [2.05, 4.69) is 5.32 Å². The Morgan fingerprint density at radius 2 is 1.72 bits per heavy atom. The fourth-order valence-corrected chi connectivity index (χ4v) is 4.89. The van der Waals surface area contributed by atoms with Gasteiger partial charge in [0.25, 0.3) is 5.91 Å². The van der Waals surface area contributed by atoms with Gasteiger partial charge in [0.05, 0.1) is 0 Å². The Balaban J connectivity index is 1.57. The lowest BCUT2D eigenvalue weighted by atomic mass is 9.80. The average molecular weight is 241 g/mol. The monoisotopic (exact) mass is 241 g/mol. The van der Waals surface area contributed by atoms with Crippen LogP contribution >= 0.6 is 0 Å². The predicted octanol–water partition coefficient (Wildman–Crippen LogP) is 3.00. The molecule has 2 heteroatoms. The summed E-state index contributed by atoms with van der Waals surface area (Å²) in [4.78, 5) is 12.3. The van der Waals surface area contributed by atoms with Crippen LogP contribution in [0.15, 0.2) is 30.3 Å². The molecule has 18 heavy (non-hydrogen) atoms. The van der Waals surface area contributed by atoms with Gasteiger partial charge in [0.2, 0.25) is 0 Å². The maximum absolute atomic E-state index is 12.3. The Morgan fingerprint density at radius 3 is 2.39 bits per heavy atom. The summed E-state index contributed by atoms with van der Waals surface area (Å²) in [6.45, 7) is 0. The Bertz CT molecular complexity index is 467. The molecule has 0 saturated heterocycles. The summed E-state index contributed by atoms with van der Waals surface area (Å²) in [5, 5.41) is 3.39. The second kappa shape index (κ2) is 3.59. The number of rotatable bonds is 2. The molecule has 2 unspecified atom stereocenters. The fourth-order valence-electron chi connectivity index (χ4n) is 4.89. The molecule has 4 fully saturated rings. The van der Waals surface area contributed by atoms with Crippen LogP contribution in [0.25, 0.3) is 0 Å². The predicted molar refractivity (Wildman–Crippen MR) is 70.2 cm³/mol. The number of carbonyl (C=O) groups is 1. The first-order valence-electron chi connectivity index (χ1n) is 7.13. The highest BCUT2D eigenvalue weighted by molar-refractivity contribution is 5.94. The van der Waals surface area contributed by atoms with Gasteiger partial charge in [-0.15, -0.1) is 0 Å². The van der Waals surface area contributed by atoms with Crippen LogP contribution in [0.1, 0.15) is 42.5 Å². The van der Waals surface area contributed by atoms with Crippen LogP contribution in [-0.2, 0) is 0 Å². The van der Waals surface area contributed by atoms with E-state index in [0.29, 0.717) is 0 Å². The Labute approximate surface area is 108 Å². The van der Waals surface area contributed by atoms with Crippen molar-refractivity contribution in [3.8, 4) is 0 Å². The zero-order chi connectivity index (χ0) is 12.2. The fraction of sp³-hybridized carbons (Fsp3) is 0.562. The van der Waals surface area contributed by atoms with Gasteiger partial charge < -0.3 is 5.32 Å². The van der Waals surface area contributed by atoms with E-state index in [4.69, 9.17) is 0 Å². The van der Waals surface area contributed by atoms with Crippen molar-refractivity contribution in [1.82, 2.24) is 5.32 Å². The van der Waals surface area contributed by atoms with E-state index < -0.39 is 0 Å². The molecule has 2 atom stereocenters. The van der Waals surface area contributed by atoms with Crippen LogP contribution in [0.5, 0.6) is 0 Å². The molecule has 0 radical (unpaired) electrons. The van der Waals surface area contributed by atoms with Crippen molar-refractivity contribution in [2.45, 2.75) is 37.6 Å². The van der Waals surface area contributed by atoms with E-state index in [9.17, 15) is 4.79 Å². The van der Waals surface area contributed by atoms with Crippen LogP contribution in [0.2, 0.25) is 0 Å². The first kappa shape index (κ1) is 10.6. The zero-order valence-corrected chi connectivity index (χ0v) is 10.6. The lowest BCUT2D eigenvalue weighted by Gasteiger charge is -2.34. The number of nitrogens with one attached hydrogen (secondary N) is 1. The molecule has 2 nitrogen and oxygen atoms in total. The largest absolute Gasteiger partial charge is 0.346 e. The summed E-state index contributed by atoms with van der Waals surface area (Å²) < 4.78 is 0. The van der Waals surface area contributed by atoms with E-state index in [1.807, 2.05) is 30.3 Å². The Kier molecular flexibility index (Phi) is 2.12. The average Bonchev–Trinajstić information content (AvgIpc) is 2.75. The molecule has 4 aliphatic carbocycles. The SMILES string of the molecule is O=C(NC12CC3CC(CC1C3)C2)c1ccccc1. The van der Waals surface area contributed by atoms with Crippen LogP contribution in [-0.4, -0.2) is 11.4 Å². The quantitative estimate of drug-likeness (QED) is 0.847. The third-order valence-corrected chi connectivity index (χ3v) is 5.39. The van der Waals surface area contributed by atoms with E-state index in [1.54, 1.807) is 0 Å². The van der Waals surface area contributed by atoms with Gasteiger partial charge in [-0.1, -0.05) is 18.2 Å². The van der Waals surface area contributed by atoms with Crippen LogP contribution in [0.3, 0.4) is 0 Å². The third kappa shape index (κ3) is 1.44. The van der Waals surface area contributed by atoms with Crippen molar-refractivity contribution in [2.24, 2.45) is 17.8 Å². The highest BCUT2D eigenvalue weighted by Crippen LogP contribution is 2.60. The summed E-state index contributed by atoms with van der Waals surface area (Å²) in [7, 11) is 0. The molecule has 0 aromatic heterocycles. The molecule has 1 N–H and O–H groups in total. The summed E-state index contributed by atoms with van der Waals surface area (Å²) >= 11 is 0. The van der Waals surface area contributed by atoms with Crippen LogP contribution in [0, 0.1) is 17.8 Å². The van der Waals surface area contributed by atoms with E-state index in [0.717, 1.165) is 23.3 Å². The molecule has 1 amide bonds. The molecule has 0 heterocycles. The maximum atomic E-state index is 12.3. The lowest BCUT2D eigenvalue weighted by Crippen LogP contribution is -2.49. The molecule has 0 spiro atoms. The van der Waals surface area contributed by atoms with E-state index in [-0.39, 0.29) is 11.4 Å². The first-order chi connectivity index (χ1) is 8.75. The molecule has 4 saturated carbocycles. The number of carbonyl (C=O) groups excluding carboxylic acids is 1. The molecule has 4 aliphatic rings. The standard InChI is InChI=1S/C16H19NO/c18-15(13-4-2-1-3-5-13)17-16-9-11-6-12(10-16)8-14(16)7-11/h1-5,11-12,14H,6-10H2,(H,17,18). The van der Waals surface area contributed by atoms with Gasteiger partial charge in [-0.3, -0.25) is 4.79 Å². The molecule has 0 aliphatic heterocycles. The third-order valence-electron chi connectivity index (χ3n) is 5.39. The number of amides is 1. The van der Waals surface area contributed by atoms with E-state index in [1.165, 1.54) is 32.1 Å². The van der Waals surface area contributed by atoms with Crippen molar-refractivity contribution < 1.29 is 4.79 Å². The van der Waals surface area contributed by atoms with Crippen molar-refractivity contribution in [3.05, 3.63) is 35.9 Å². The molecule has 1 aromatic rings. The van der Waals surface area contributed by atoms with E-state index >= 15 is 0 Å². The second-order valence-electron chi connectivity index (χ2n) is 6.52.